The van der Waals surface area contributed by atoms with Gasteiger partial charge in [0.1, 0.15) is 5.15 Å². The summed E-state index contributed by atoms with van der Waals surface area (Å²) in [4.78, 5) is 8.82. The van der Waals surface area contributed by atoms with Crippen LogP contribution in [0, 0.1) is 0 Å². The number of guanidine groups is 1. The number of rotatable bonds is 7. The van der Waals surface area contributed by atoms with E-state index in [1.54, 1.807) is 12.4 Å². The highest BCUT2D eigenvalue weighted by Crippen LogP contribution is 2.14. The van der Waals surface area contributed by atoms with Gasteiger partial charge in [-0.3, -0.25) is 0 Å². The average molecular weight is 383 g/mol. The number of nitrogens with zero attached hydrogens (tertiary/aromatic N) is 4. The third-order valence-electron chi connectivity index (χ3n) is 3.99. The maximum Gasteiger partial charge on any atom is 0.191 e. The summed E-state index contributed by atoms with van der Waals surface area (Å²) in [7, 11) is 0. The Morgan fingerprint density at radius 3 is 2.78 bits per heavy atom. The third kappa shape index (κ3) is 5.56. The highest BCUT2D eigenvalue weighted by atomic mass is 35.5. The SMILES string of the molecule is CCNC(=NCc1ccccc1-n1cccn1)NCCc1ccc(Cl)nc1. The molecule has 2 aromatic heterocycles. The normalized spacial score (nSPS) is 11.4. The van der Waals surface area contributed by atoms with Crippen molar-refractivity contribution in [3.63, 3.8) is 0 Å². The van der Waals surface area contributed by atoms with Crippen molar-refractivity contribution in [2.45, 2.75) is 19.9 Å². The molecular weight excluding hydrogens is 360 g/mol. The topological polar surface area (TPSA) is 67.1 Å². The molecule has 0 spiro atoms. The summed E-state index contributed by atoms with van der Waals surface area (Å²) >= 11 is 5.82. The average Bonchev–Trinajstić information content (AvgIpc) is 3.22. The van der Waals surface area contributed by atoms with Gasteiger partial charge in [-0.25, -0.2) is 14.7 Å². The van der Waals surface area contributed by atoms with Crippen LogP contribution < -0.4 is 10.6 Å². The van der Waals surface area contributed by atoms with Gasteiger partial charge in [-0.05, 0) is 42.7 Å². The summed E-state index contributed by atoms with van der Waals surface area (Å²) in [5, 5.41) is 11.5. The lowest BCUT2D eigenvalue weighted by atomic mass is 10.2. The van der Waals surface area contributed by atoms with Crippen LogP contribution in [0.25, 0.3) is 5.69 Å². The molecule has 140 valence electrons. The zero-order valence-electron chi connectivity index (χ0n) is 15.3. The predicted molar refractivity (Wildman–Crippen MR) is 109 cm³/mol. The Labute approximate surface area is 164 Å². The van der Waals surface area contributed by atoms with Crippen LogP contribution in [0.3, 0.4) is 0 Å². The van der Waals surface area contributed by atoms with Gasteiger partial charge in [-0.2, -0.15) is 5.10 Å². The molecule has 0 aliphatic carbocycles. The van der Waals surface area contributed by atoms with E-state index in [0.717, 1.165) is 42.3 Å². The molecule has 0 amide bonds. The minimum Gasteiger partial charge on any atom is -0.357 e. The van der Waals surface area contributed by atoms with Crippen molar-refractivity contribution in [1.82, 2.24) is 25.4 Å². The number of hydrogen-bond acceptors (Lipinski definition) is 3. The van der Waals surface area contributed by atoms with E-state index in [4.69, 9.17) is 16.6 Å². The summed E-state index contributed by atoms with van der Waals surface area (Å²) in [6.45, 7) is 4.18. The standard InChI is InChI=1S/C20H23ClN6/c1-2-22-20(23-12-10-16-8-9-19(21)24-14-16)25-15-17-6-3-4-7-18(17)27-13-5-11-26-27/h3-9,11,13-14H,2,10,12,15H2,1H3,(H2,22,23,25). The lowest BCUT2D eigenvalue weighted by molar-refractivity contribution is 0.794. The van der Waals surface area contributed by atoms with E-state index in [2.05, 4.69) is 33.7 Å². The van der Waals surface area contributed by atoms with E-state index in [9.17, 15) is 0 Å². The Bertz CT molecular complexity index is 858. The van der Waals surface area contributed by atoms with Crippen LogP contribution in [0.15, 0.2) is 66.0 Å². The van der Waals surface area contributed by atoms with Crippen LogP contribution >= 0.6 is 11.6 Å². The summed E-state index contributed by atoms with van der Waals surface area (Å²) in [6, 6.07) is 13.9. The lowest BCUT2D eigenvalue weighted by Gasteiger charge is -2.12. The first-order valence-electron chi connectivity index (χ1n) is 8.97. The second kappa shape index (κ2) is 9.73. The number of nitrogens with one attached hydrogen (secondary N) is 2. The Balaban J connectivity index is 1.63. The molecule has 0 aliphatic rings. The molecule has 0 unspecified atom stereocenters. The Morgan fingerprint density at radius 1 is 1.15 bits per heavy atom. The quantitative estimate of drug-likeness (QED) is 0.374. The first-order valence-corrected chi connectivity index (χ1v) is 9.34. The molecule has 0 fully saturated rings. The van der Waals surface area contributed by atoms with Gasteiger partial charge in [0.05, 0.1) is 12.2 Å². The van der Waals surface area contributed by atoms with E-state index < -0.39 is 0 Å². The van der Waals surface area contributed by atoms with Gasteiger partial charge in [0, 0.05) is 31.7 Å². The molecule has 3 aromatic rings. The van der Waals surface area contributed by atoms with Gasteiger partial charge in [0.2, 0.25) is 0 Å². The molecule has 2 N–H and O–H groups in total. The summed E-state index contributed by atoms with van der Waals surface area (Å²) in [5.41, 5.74) is 3.28. The maximum atomic E-state index is 5.82. The number of hydrogen-bond donors (Lipinski definition) is 2. The van der Waals surface area contributed by atoms with Crippen molar-refractivity contribution in [2.75, 3.05) is 13.1 Å². The van der Waals surface area contributed by atoms with E-state index >= 15 is 0 Å². The summed E-state index contributed by atoms with van der Waals surface area (Å²) in [6.07, 6.45) is 6.36. The highest BCUT2D eigenvalue weighted by Gasteiger charge is 2.05. The van der Waals surface area contributed by atoms with Crippen molar-refractivity contribution in [2.24, 2.45) is 4.99 Å². The highest BCUT2D eigenvalue weighted by molar-refractivity contribution is 6.29. The van der Waals surface area contributed by atoms with Crippen LogP contribution in [0.1, 0.15) is 18.1 Å². The molecule has 27 heavy (non-hydrogen) atoms. The van der Waals surface area contributed by atoms with Crippen molar-refractivity contribution in [1.29, 1.82) is 0 Å². The zero-order valence-corrected chi connectivity index (χ0v) is 16.0. The molecule has 0 aliphatic heterocycles. The largest absolute Gasteiger partial charge is 0.357 e. The molecule has 0 bridgehead atoms. The fourth-order valence-electron chi connectivity index (χ4n) is 2.66. The second-order valence-corrected chi connectivity index (χ2v) is 6.33. The molecule has 6 nitrogen and oxygen atoms in total. The van der Waals surface area contributed by atoms with E-state index in [1.807, 2.05) is 47.3 Å². The van der Waals surface area contributed by atoms with Crippen molar-refractivity contribution >= 4 is 17.6 Å². The van der Waals surface area contributed by atoms with Gasteiger partial charge in [0.25, 0.3) is 0 Å². The number of aromatic nitrogens is 3. The van der Waals surface area contributed by atoms with Crippen LogP contribution in [-0.4, -0.2) is 33.8 Å². The minimum absolute atomic E-state index is 0.512. The van der Waals surface area contributed by atoms with Crippen LogP contribution in [0.2, 0.25) is 5.15 Å². The van der Waals surface area contributed by atoms with E-state index in [-0.39, 0.29) is 0 Å². The molecule has 0 atom stereocenters. The Morgan fingerprint density at radius 2 is 2.04 bits per heavy atom. The van der Waals surface area contributed by atoms with Gasteiger partial charge in [0.15, 0.2) is 5.96 Å². The summed E-state index contributed by atoms with van der Waals surface area (Å²) < 4.78 is 1.86. The fraction of sp³-hybridized carbons (Fsp3) is 0.250. The molecule has 1 aromatic carbocycles. The van der Waals surface area contributed by atoms with E-state index in [0.29, 0.717) is 11.7 Å². The first kappa shape index (κ1) is 18.9. The van der Waals surface area contributed by atoms with Crippen LogP contribution in [0.5, 0.6) is 0 Å². The Kier molecular flexibility index (Phi) is 6.82. The lowest BCUT2D eigenvalue weighted by Crippen LogP contribution is -2.38. The zero-order chi connectivity index (χ0) is 18.9. The third-order valence-corrected chi connectivity index (χ3v) is 4.21. The molecule has 7 heteroatoms. The summed E-state index contributed by atoms with van der Waals surface area (Å²) in [5.74, 6) is 0.787. The molecule has 3 rings (SSSR count). The minimum atomic E-state index is 0.512. The molecule has 0 radical (unpaired) electrons. The maximum absolute atomic E-state index is 5.82. The number of halogens is 1. The number of pyridine rings is 1. The van der Waals surface area contributed by atoms with Crippen LogP contribution in [-0.2, 0) is 13.0 Å². The number of benzene rings is 1. The van der Waals surface area contributed by atoms with Gasteiger partial charge < -0.3 is 10.6 Å². The van der Waals surface area contributed by atoms with Crippen molar-refractivity contribution in [3.8, 4) is 5.69 Å². The monoisotopic (exact) mass is 382 g/mol. The van der Waals surface area contributed by atoms with E-state index in [1.165, 1.54) is 0 Å². The predicted octanol–water partition coefficient (Wildman–Crippen LogP) is 3.22. The molecule has 2 heterocycles. The number of para-hydroxylation sites is 1. The second-order valence-electron chi connectivity index (χ2n) is 5.94. The first-order chi connectivity index (χ1) is 13.3. The smallest absolute Gasteiger partial charge is 0.191 e. The van der Waals surface area contributed by atoms with Gasteiger partial charge in [-0.15, -0.1) is 0 Å². The van der Waals surface area contributed by atoms with Gasteiger partial charge in [-0.1, -0.05) is 35.9 Å². The Hall–Kier alpha value is -2.86. The molecular formula is C20H23ClN6. The van der Waals surface area contributed by atoms with Gasteiger partial charge >= 0.3 is 0 Å². The number of aliphatic imine (C=N–C) groups is 1. The van der Waals surface area contributed by atoms with Crippen molar-refractivity contribution < 1.29 is 0 Å². The van der Waals surface area contributed by atoms with Crippen LogP contribution in [0.4, 0.5) is 0 Å². The molecule has 0 saturated carbocycles. The molecule has 0 saturated heterocycles. The fourth-order valence-corrected chi connectivity index (χ4v) is 2.78. The van der Waals surface area contributed by atoms with Crippen molar-refractivity contribution in [3.05, 3.63) is 77.3 Å².